The molecule has 0 unspecified atom stereocenters. The topological polar surface area (TPSA) is 48.5 Å². The van der Waals surface area contributed by atoms with Gasteiger partial charge in [-0.1, -0.05) is 30.3 Å². The summed E-state index contributed by atoms with van der Waals surface area (Å²) in [5.41, 5.74) is 3.31. The third-order valence-electron chi connectivity index (χ3n) is 4.47. The number of likely N-dealkylation sites (N-methyl/N-ethyl adjacent to an activating group) is 1. The van der Waals surface area contributed by atoms with Gasteiger partial charge in [0.05, 0.1) is 10.6 Å². The second-order valence-electron chi connectivity index (χ2n) is 6.32. The van der Waals surface area contributed by atoms with Gasteiger partial charge in [0, 0.05) is 31.6 Å². The lowest BCUT2D eigenvalue weighted by Crippen LogP contribution is -2.48. The summed E-state index contributed by atoms with van der Waals surface area (Å²) in [6.45, 7) is 3.33. The Morgan fingerprint density at radius 3 is 2.58 bits per heavy atom. The van der Waals surface area contributed by atoms with Gasteiger partial charge >= 0.3 is 6.03 Å². The number of benzene rings is 1. The Kier molecular flexibility index (Phi) is 5.01. The summed E-state index contributed by atoms with van der Waals surface area (Å²) in [5.74, 6) is 0. The molecule has 1 fully saturated rings. The molecular formula is C19H20N4OS2. The van der Waals surface area contributed by atoms with E-state index in [1.165, 1.54) is 22.5 Å². The largest absolute Gasteiger partial charge is 0.323 e. The molecule has 2 amide bonds. The molecule has 0 atom stereocenters. The lowest BCUT2D eigenvalue weighted by molar-refractivity contribution is 0.164. The Morgan fingerprint density at radius 2 is 1.81 bits per heavy atom. The highest BCUT2D eigenvalue weighted by molar-refractivity contribution is 7.16. The highest BCUT2D eigenvalue weighted by atomic mass is 32.1. The molecule has 2 aromatic heterocycles. The number of carbonyl (C=O) groups excluding carboxylic acids is 1. The van der Waals surface area contributed by atoms with Gasteiger partial charge in [-0.15, -0.1) is 22.7 Å². The van der Waals surface area contributed by atoms with E-state index in [2.05, 4.69) is 45.8 Å². The molecule has 4 rings (SSSR count). The van der Waals surface area contributed by atoms with Crippen molar-refractivity contribution in [1.82, 2.24) is 14.8 Å². The molecule has 0 bridgehead atoms. The zero-order valence-corrected chi connectivity index (χ0v) is 16.1. The van der Waals surface area contributed by atoms with Gasteiger partial charge in [0.15, 0.2) is 5.13 Å². The minimum Gasteiger partial charge on any atom is -0.322 e. The molecule has 26 heavy (non-hydrogen) atoms. The van der Waals surface area contributed by atoms with Crippen molar-refractivity contribution in [2.45, 2.75) is 0 Å². The van der Waals surface area contributed by atoms with Crippen LogP contribution in [0.2, 0.25) is 0 Å². The van der Waals surface area contributed by atoms with Crippen LogP contribution in [0, 0.1) is 0 Å². The van der Waals surface area contributed by atoms with E-state index in [9.17, 15) is 4.79 Å². The summed E-state index contributed by atoms with van der Waals surface area (Å²) in [6, 6.07) is 12.4. The molecule has 1 aliphatic heterocycles. The first kappa shape index (κ1) is 17.2. The van der Waals surface area contributed by atoms with Crippen LogP contribution < -0.4 is 5.32 Å². The van der Waals surface area contributed by atoms with Crippen LogP contribution in [-0.4, -0.2) is 54.0 Å². The van der Waals surface area contributed by atoms with E-state index in [1.54, 1.807) is 11.3 Å². The SMILES string of the molecule is CN1CCN(C(=O)Nc2nc(-c3cc(-c4ccccc4)cs3)cs2)CC1. The minimum absolute atomic E-state index is 0.0600. The average molecular weight is 385 g/mol. The third kappa shape index (κ3) is 3.80. The van der Waals surface area contributed by atoms with Crippen molar-refractivity contribution < 1.29 is 4.79 Å². The Labute approximate surface area is 160 Å². The normalized spacial score (nSPS) is 15.2. The van der Waals surface area contributed by atoms with Gasteiger partial charge in [0.25, 0.3) is 0 Å². The molecule has 0 radical (unpaired) electrons. The van der Waals surface area contributed by atoms with Gasteiger partial charge in [-0.05, 0) is 29.6 Å². The molecule has 7 heteroatoms. The van der Waals surface area contributed by atoms with Gasteiger partial charge < -0.3 is 9.80 Å². The molecule has 134 valence electrons. The highest BCUT2D eigenvalue weighted by Crippen LogP contribution is 2.34. The molecule has 3 heterocycles. The first-order chi connectivity index (χ1) is 12.7. The number of thiophene rings is 1. The van der Waals surface area contributed by atoms with Gasteiger partial charge in [0.1, 0.15) is 0 Å². The Morgan fingerprint density at radius 1 is 1.04 bits per heavy atom. The number of aromatic nitrogens is 1. The molecule has 5 nitrogen and oxygen atoms in total. The number of nitrogens with zero attached hydrogens (tertiary/aromatic N) is 3. The number of rotatable bonds is 3. The number of thiazole rings is 1. The fourth-order valence-electron chi connectivity index (χ4n) is 2.88. The zero-order chi connectivity index (χ0) is 17.9. The molecular weight excluding hydrogens is 364 g/mol. The van der Waals surface area contributed by atoms with E-state index >= 15 is 0 Å². The number of hydrogen-bond acceptors (Lipinski definition) is 5. The molecule has 1 aliphatic rings. The molecule has 0 aliphatic carbocycles. The average Bonchev–Trinajstić information content (AvgIpc) is 3.32. The first-order valence-electron chi connectivity index (χ1n) is 8.53. The van der Waals surface area contributed by atoms with Crippen LogP contribution in [0.1, 0.15) is 0 Å². The smallest absolute Gasteiger partial charge is 0.322 e. The summed E-state index contributed by atoms with van der Waals surface area (Å²) in [7, 11) is 2.08. The zero-order valence-electron chi connectivity index (χ0n) is 14.5. The van der Waals surface area contributed by atoms with Crippen LogP contribution in [0.3, 0.4) is 0 Å². The summed E-state index contributed by atoms with van der Waals surface area (Å²) >= 11 is 3.14. The second kappa shape index (κ2) is 7.57. The van der Waals surface area contributed by atoms with Crippen molar-refractivity contribution in [1.29, 1.82) is 0 Å². The monoisotopic (exact) mass is 384 g/mol. The molecule has 0 spiro atoms. The van der Waals surface area contributed by atoms with Crippen LogP contribution >= 0.6 is 22.7 Å². The van der Waals surface area contributed by atoms with Crippen LogP contribution in [-0.2, 0) is 0 Å². The van der Waals surface area contributed by atoms with Crippen molar-refractivity contribution in [3.63, 3.8) is 0 Å². The number of anilines is 1. The third-order valence-corrected chi connectivity index (χ3v) is 6.18. The maximum absolute atomic E-state index is 12.4. The first-order valence-corrected chi connectivity index (χ1v) is 10.3. The van der Waals surface area contributed by atoms with Crippen LogP contribution in [0.15, 0.2) is 47.2 Å². The number of nitrogens with one attached hydrogen (secondary N) is 1. The van der Waals surface area contributed by atoms with E-state index in [0.717, 1.165) is 36.8 Å². The number of amides is 2. The maximum Gasteiger partial charge on any atom is 0.323 e. The van der Waals surface area contributed by atoms with Gasteiger partial charge in [-0.2, -0.15) is 0 Å². The molecule has 1 aromatic carbocycles. The minimum atomic E-state index is -0.0600. The van der Waals surface area contributed by atoms with Gasteiger partial charge in [-0.3, -0.25) is 5.32 Å². The van der Waals surface area contributed by atoms with Crippen LogP contribution in [0.25, 0.3) is 21.7 Å². The molecule has 1 N–H and O–H groups in total. The number of hydrogen-bond donors (Lipinski definition) is 1. The van der Waals surface area contributed by atoms with Crippen molar-refractivity contribution in [3.8, 4) is 21.7 Å². The molecule has 0 saturated carbocycles. The quantitative estimate of drug-likeness (QED) is 0.732. The van der Waals surface area contributed by atoms with Gasteiger partial charge in [-0.25, -0.2) is 9.78 Å². The Balaban J connectivity index is 1.43. The lowest BCUT2D eigenvalue weighted by atomic mass is 10.1. The van der Waals surface area contributed by atoms with Crippen molar-refractivity contribution in [3.05, 3.63) is 47.2 Å². The van der Waals surface area contributed by atoms with Crippen molar-refractivity contribution in [2.75, 3.05) is 38.5 Å². The predicted octanol–water partition coefficient (Wildman–Crippen LogP) is 4.32. The van der Waals surface area contributed by atoms with E-state index in [-0.39, 0.29) is 6.03 Å². The summed E-state index contributed by atoms with van der Waals surface area (Å²) < 4.78 is 0. The number of urea groups is 1. The van der Waals surface area contributed by atoms with E-state index in [0.29, 0.717) is 5.13 Å². The van der Waals surface area contributed by atoms with Gasteiger partial charge in [0.2, 0.25) is 0 Å². The number of piperazine rings is 1. The summed E-state index contributed by atoms with van der Waals surface area (Å²) in [6.07, 6.45) is 0. The molecule has 3 aromatic rings. The van der Waals surface area contributed by atoms with E-state index in [1.807, 2.05) is 28.5 Å². The van der Waals surface area contributed by atoms with Crippen LogP contribution in [0.5, 0.6) is 0 Å². The lowest BCUT2D eigenvalue weighted by Gasteiger charge is -2.32. The summed E-state index contributed by atoms with van der Waals surface area (Å²) in [4.78, 5) is 22.2. The summed E-state index contributed by atoms with van der Waals surface area (Å²) in [5, 5.41) is 7.73. The van der Waals surface area contributed by atoms with Crippen molar-refractivity contribution >= 4 is 33.8 Å². The highest BCUT2D eigenvalue weighted by Gasteiger charge is 2.20. The molecule has 1 saturated heterocycles. The maximum atomic E-state index is 12.4. The number of carbonyl (C=O) groups is 1. The Hall–Kier alpha value is -2.22. The van der Waals surface area contributed by atoms with E-state index in [4.69, 9.17) is 0 Å². The predicted molar refractivity (Wildman–Crippen MR) is 109 cm³/mol. The fraction of sp³-hybridized carbons (Fsp3) is 0.263. The van der Waals surface area contributed by atoms with Crippen LogP contribution in [0.4, 0.5) is 9.93 Å². The fourth-order valence-corrected chi connectivity index (χ4v) is 4.53. The Bertz CT molecular complexity index is 882. The van der Waals surface area contributed by atoms with Crippen molar-refractivity contribution in [2.24, 2.45) is 0 Å². The van der Waals surface area contributed by atoms with E-state index < -0.39 is 0 Å². The standard InChI is InChI=1S/C19H20N4OS2/c1-22-7-9-23(10-8-22)19(24)21-18-20-16(13-26-18)17-11-15(12-25-17)14-5-3-2-4-6-14/h2-6,11-13H,7-10H2,1H3,(H,20,21,24). The second-order valence-corrected chi connectivity index (χ2v) is 8.09.